The zero-order chi connectivity index (χ0) is 15.4. The Morgan fingerprint density at radius 1 is 1.14 bits per heavy atom. The van der Waals surface area contributed by atoms with E-state index in [1.54, 1.807) is 0 Å². The number of hydrogen-bond donors (Lipinski definition) is 0. The van der Waals surface area contributed by atoms with Crippen molar-refractivity contribution in [2.45, 2.75) is 34.2 Å². The van der Waals surface area contributed by atoms with Crippen LogP contribution in [0, 0.1) is 13.8 Å². The van der Waals surface area contributed by atoms with E-state index in [2.05, 4.69) is 30.2 Å². The number of carbonyl (C=O) groups excluding carboxylic acids is 1. The Balaban J connectivity index is 2.21. The first-order chi connectivity index (χ1) is 10.1. The zero-order valence-electron chi connectivity index (χ0n) is 13.4. The summed E-state index contributed by atoms with van der Waals surface area (Å²) in [7, 11) is 0. The summed E-state index contributed by atoms with van der Waals surface area (Å²) in [4.78, 5) is 14.7. The minimum atomic E-state index is 0.188. The molecule has 2 aromatic rings. The number of para-hydroxylation sites is 1. The van der Waals surface area contributed by atoms with Gasteiger partial charge in [0.2, 0.25) is 0 Å². The molecule has 112 valence electrons. The maximum Gasteiger partial charge on any atom is 0.183 e. The Bertz CT molecular complexity index is 614. The molecule has 0 aliphatic rings. The van der Waals surface area contributed by atoms with Gasteiger partial charge in [-0.2, -0.15) is 0 Å². The lowest BCUT2D eigenvalue weighted by Crippen LogP contribution is -2.29. The van der Waals surface area contributed by atoms with Crippen molar-refractivity contribution in [3.8, 4) is 0 Å². The molecule has 1 heterocycles. The average molecular weight is 284 g/mol. The second-order valence-electron chi connectivity index (χ2n) is 5.30. The van der Waals surface area contributed by atoms with Crippen LogP contribution in [-0.4, -0.2) is 23.4 Å². The molecule has 0 N–H and O–H groups in total. The number of Topliss-reactive ketones (excluding diaryl/α,β-unsaturated/α-hetero) is 1. The van der Waals surface area contributed by atoms with Crippen LogP contribution in [0.3, 0.4) is 0 Å². The molecular weight excluding hydrogens is 260 g/mol. The van der Waals surface area contributed by atoms with Gasteiger partial charge in [-0.15, -0.1) is 0 Å². The number of ketones is 1. The maximum atomic E-state index is 12.6. The summed E-state index contributed by atoms with van der Waals surface area (Å²) in [6.07, 6.45) is 0. The molecule has 0 bridgehead atoms. The van der Waals surface area contributed by atoms with E-state index in [1.165, 1.54) is 0 Å². The van der Waals surface area contributed by atoms with Gasteiger partial charge in [-0.25, -0.2) is 0 Å². The molecule has 0 atom stereocenters. The Kier molecular flexibility index (Phi) is 4.84. The SMILES string of the molecule is CCN(CC(=O)c1cc(C)n(CC)c1C)c1ccccc1. The molecule has 3 heteroatoms. The molecule has 0 spiro atoms. The quantitative estimate of drug-likeness (QED) is 0.753. The van der Waals surface area contributed by atoms with E-state index >= 15 is 0 Å². The summed E-state index contributed by atoms with van der Waals surface area (Å²) in [5, 5.41) is 0. The molecule has 0 saturated carbocycles. The van der Waals surface area contributed by atoms with Gasteiger partial charge in [-0.05, 0) is 45.9 Å². The maximum absolute atomic E-state index is 12.6. The third-order valence-corrected chi connectivity index (χ3v) is 4.03. The first-order valence-electron chi connectivity index (χ1n) is 7.58. The van der Waals surface area contributed by atoms with Crippen LogP contribution in [0.2, 0.25) is 0 Å². The topological polar surface area (TPSA) is 25.2 Å². The fourth-order valence-corrected chi connectivity index (χ4v) is 2.85. The van der Waals surface area contributed by atoms with Crippen LogP contribution in [0.4, 0.5) is 5.69 Å². The van der Waals surface area contributed by atoms with E-state index in [0.29, 0.717) is 6.54 Å². The summed E-state index contributed by atoms with van der Waals surface area (Å²) in [5.41, 5.74) is 4.17. The lowest BCUT2D eigenvalue weighted by molar-refractivity contribution is 0.0998. The standard InChI is InChI=1S/C18H24N2O/c1-5-19(16-10-8-7-9-11-16)13-18(21)17-12-14(3)20(6-2)15(17)4/h7-12H,5-6,13H2,1-4H3. The van der Waals surface area contributed by atoms with Gasteiger partial charge >= 0.3 is 0 Å². The molecular formula is C18H24N2O. The van der Waals surface area contributed by atoms with Crippen LogP contribution in [0.5, 0.6) is 0 Å². The van der Waals surface area contributed by atoms with Crippen molar-refractivity contribution >= 4 is 11.5 Å². The lowest BCUT2D eigenvalue weighted by Gasteiger charge is -2.22. The van der Waals surface area contributed by atoms with E-state index in [9.17, 15) is 4.79 Å². The molecule has 21 heavy (non-hydrogen) atoms. The molecule has 0 fully saturated rings. The van der Waals surface area contributed by atoms with Crippen molar-refractivity contribution in [1.29, 1.82) is 0 Å². The molecule has 1 aromatic heterocycles. The van der Waals surface area contributed by atoms with Crippen molar-refractivity contribution in [3.63, 3.8) is 0 Å². The van der Waals surface area contributed by atoms with E-state index < -0.39 is 0 Å². The van der Waals surface area contributed by atoms with Gasteiger partial charge in [0.25, 0.3) is 0 Å². The summed E-state index contributed by atoms with van der Waals surface area (Å²) in [6.45, 7) is 10.4. The summed E-state index contributed by atoms with van der Waals surface area (Å²) in [6, 6.07) is 12.1. The third-order valence-electron chi connectivity index (χ3n) is 4.03. The monoisotopic (exact) mass is 284 g/mol. The first kappa shape index (κ1) is 15.4. The number of hydrogen-bond acceptors (Lipinski definition) is 2. The smallest absolute Gasteiger partial charge is 0.183 e. The van der Waals surface area contributed by atoms with Crippen LogP contribution < -0.4 is 4.90 Å². The highest BCUT2D eigenvalue weighted by Gasteiger charge is 2.17. The van der Waals surface area contributed by atoms with Gasteiger partial charge < -0.3 is 9.47 Å². The highest BCUT2D eigenvalue weighted by atomic mass is 16.1. The van der Waals surface area contributed by atoms with Gasteiger partial charge in [0.1, 0.15) is 0 Å². The Labute approximate surface area is 127 Å². The molecule has 0 radical (unpaired) electrons. The van der Waals surface area contributed by atoms with Crippen LogP contribution >= 0.6 is 0 Å². The normalized spacial score (nSPS) is 10.7. The van der Waals surface area contributed by atoms with Crippen LogP contribution in [0.15, 0.2) is 36.4 Å². The summed E-state index contributed by atoms with van der Waals surface area (Å²) < 4.78 is 2.19. The highest BCUT2D eigenvalue weighted by Crippen LogP contribution is 2.18. The van der Waals surface area contributed by atoms with E-state index in [-0.39, 0.29) is 5.78 Å². The second-order valence-corrected chi connectivity index (χ2v) is 5.30. The molecule has 1 aromatic carbocycles. The largest absolute Gasteiger partial charge is 0.364 e. The second kappa shape index (κ2) is 6.61. The van der Waals surface area contributed by atoms with Crippen molar-refractivity contribution in [2.75, 3.05) is 18.0 Å². The fraction of sp³-hybridized carbons (Fsp3) is 0.389. The molecule has 0 amide bonds. The predicted molar refractivity (Wildman–Crippen MR) is 88.2 cm³/mol. The Morgan fingerprint density at radius 3 is 2.33 bits per heavy atom. The number of aromatic nitrogens is 1. The number of likely N-dealkylation sites (N-methyl/N-ethyl adjacent to an activating group) is 1. The molecule has 0 saturated heterocycles. The summed E-state index contributed by atoms with van der Waals surface area (Å²) >= 11 is 0. The van der Waals surface area contributed by atoms with Crippen molar-refractivity contribution in [1.82, 2.24) is 4.57 Å². The van der Waals surface area contributed by atoms with E-state index in [0.717, 1.165) is 35.7 Å². The minimum absolute atomic E-state index is 0.188. The average Bonchev–Trinajstić information content (AvgIpc) is 2.79. The zero-order valence-corrected chi connectivity index (χ0v) is 13.4. The molecule has 3 nitrogen and oxygen atoms in total. The van der Waals surface area contributed by atoms with Crippen LogP contribution in [0.1, 0.15) is 35.6 Å². The number of nitrogens with zero attached hydrogens (tertiary/aromatic N) is 2. The Hall–Kier alpha value is -2.03. The minimum Gasteiger partial charge on any atom is -0.364 e. The molecule has 0 unspecified atom stereocenters. The van der Waals surface area contributed by atoms with Crippen LogP contribution in [0.25, 0.3) is 0 Å². The van der Waals surface area contributed by atoms with Gasteiger partial charge in [-0.1, -0.05) is 18.2 Å². The van der Waals surface area contributed by atoms with Gasteiger partial charge in [0.15, 0.2) is 5.78 Å². The number of carbonyl (C=O) groups is 1. The number of benzene rings is 1. The number of rotatable bonds is 6. The first-order valence-corrected chi connectivity index (χ1v) is 7.58. The van der Waals surface area contributed by atoms with Crippen LogP contribution in [-0.2, 0) is 6.54 Å². The molecule has 0 aliphatic carbocycles. The van der Waals surface area contributed by atoms with Gasteiger partial charge in [0, 0.05) is 35.7 Å². The number of aryl methyl sites for hydroxylation is 1. The molecule has 0 aliphatic heterocycles. The predicted octanol–water partition coefficient (Wildman–Crippen LogP) is 3.83. The Morgan fingerprint density at radius 2 is 1.81 bits per heavy atom. The van der Waals surface area contributed by atoms with E-state index in [4.69, 9.17) is 0 Å². The lowest BCUT2D eigenvalue weighted by atomic mass is 10.1. The van der Waals surface area contributed by atoms with Crippen molar-refractivity contribution < 1.29 is 4.79 Å². The molecule has 2 rings (SSSR count). The fourth-order valence-electron chi connectivity index (χ4n) is 2.85. The number of anilines is 1. The third kappa shape index (κ3) is 3.18. The van der Waals surface area contributed by atoms with Gasteiger partial charge in [0.05, 0.1) is 6.54 Å². The van der Waals surface area contributed by atoms with Crippen molar-refractivity contribution in [3.05, 3.63) is 53.3 Å². The van der Waals surface area contributed by atoms with Crippen molar-refractivity contribution in [2.24, 2.45) is 0 Å². The van der Waals surface area contributed by atoms with Gasteiger partial charge in [-0.3, -0.25) is 4.79 Å². The highest BCUT2D eigenvalue weighted by molar-refractivity contribution is 6.00. The van der Waals surface area contributed by atoms with E-state index in [1.807, 2.05) is 43.3 Å². The summed E-state index contributed by atoms with van der Waals surface area (Å²) in [5.74, 6) is 0.188.